The van der Waals surface area contributed by atoms with Gasteiger partial charge in [0.05, 0.1) is 0 Å². The van der Waals surface area contributed by atoms with Crippen molar-refractivity contribution in [2.75, 3.05) is 0 Å². The highest BCUT2D eigenvalue weighted by Gasteiger charge is 2.48. The summed E-state index contributed by atoms with van der Waals surface area (Å²) in [6.07, 6.45) is 9.93. The molecule has 19 heavy (non-hydrogen) atoms. The van der Waals surface area contributed by atoms with Crippen LogP contribution in [-0.4, -0.2) is 5.92 Å². The van der Waals surface area contributed by atoms with E-state index in [0.29, 0.717) is 5.92 Å². The first kappa shape index (κ1) is 15.3. The molecule has 0 saturated heterocycles. The third-order valence-electron chi connectivity index (χ3n) is 5.72. The van der Waals surface area contributed by atoms with Crippen LogP contribution in [0.25, 0.3) is 0 Å². The van der Waals surface area contributed by atoms with Gasteiger partial charge in [-0.3, -0.25) is 0 Å². The summed E-state index contributed by atoms with van der Waals surface area (Å²) in [5.74, 6) is -1.30. The first-order chi connectivity index (χ1) is 9.06. The average Bonchev–Trinajstić information content (AvgIpc) is 2.39. The van der Waals surface area contributed by atoms with Crippen molar-refractivity contribution >= 4 is 0 Å². The molecular formula is C17H30F2. The lowest BCUT2D eigenvalue weighted by Crippen LogP contribution is -2.41. The molecule has 2 fully saturated rings. The molecule has 0 amide bonds. The molecule has 0 nitrogen and oxygen atoms in total. The Hall–Kier alpha value is -0.140. The molecule has 0 radical (unpaired) electrons. The minimum absolute atomic E-state index is 0.156. The fraction of sp³-hybridized carbons (Fsp3) is 1.00. The first-order valence-electron chi connectivity index (χ1n) is 8.44. The molecule has 0 aliphatic heterocycles. The second-order valence-electron chi connectivity index (χ2n) is 6.99. The maximum absolute atomic E-state index is 14.3. The van der Waals surface area contributed by atoms with Crippen LogP contribution in [0.3, 0.4) is 0 Å². The van der Waals surface area contributed by atoms with Crippen LogP contribution >= 0.6 is 0 Å². The minimum atomic E-state index is -2.39. The van der Waals surface area contributed by atoms with Crippen LogP contribution in [0.4, 0.5) is 8.78 Å². The van der Waals surface area contributed by atoms with E-state index in [1.165, 1.54) is 25.7 Å². The van der Waals surface area contributed by atoms with Gasteiger partial charge in [-0.05, 0) is 43.4 Å². The summed E-state index contributed by atoms with van der Waals surface area (Å²) in [6, 6.07) is 0. The molecule has 0 bridgehead atoms. The summed E-state index contributed by atoms with van der Waals surface area (Å²) in [7, 11) is 0. The van der Waals surface area contributed by atoms with Crippen molar-refractivity contribution in [2.45, 2.75) is 84.0 Å². The molecule has 112 valence electrons. The number of hydrogen-bond acceptors (Lipinski definition) is 0. The molecule has 0 aromatic heterocycles. The maximum Gasteiger partial charge on any atom is 0.251 e. The van der Waals surface area contributed by atoms with Crippen molar-refractivity contribution in [1.29, 1.82) is 0 Å². The highest BCUT2D eigenvalue weighted by molar-refractivity contribution is 4.91. The van der Waals surface area contributed by atoms with Gasteiger partial charge in [-0.2, -0.15) is 0 Å². The Morgan fingerprint density at radius 3 is 2.05 bits per heavy atom. The maximum atomic E-state index is 14.3. The molecule has 2 aliphatic carbocycles. The zero-order chi connectivity index (χ0) is 13.9. The summed E-state index contributed by atoms with van der Waals surface area (Å²) < 4.78 is 28.7. The van der Waals surface area contributed by atoms with E-state index in [-0.39, 0.29) is 18.3 Å². The Balaban J connectivity index is 1.88. The average molecular weight is 272 g/mol. The van der Waals surface area contributed by atoms with Crippen molar-refractivity contribution in [3.05, 3.63) is 0 Å². The Morgan fingerprint density at radius 1 is 0.895 bits per heavy atom. The highest BCUT2D eigenvalue weighted by atomic mass is 19.3. The summed E-state index contributed by atoms with van der Waals surface area (Å²) in [5, 5.41) is 0. The predicted molar refractivity (Wildman–Crippen MR) is 76.4 cm³/mol. The normalized spacial score (nSPS) is 39.2. The molecule has 2 heteroatoms. The van der Waals surface area contributed by atoms with E-state index in [2.05, 4.69) is 13.8 Å². The topological polar surface area (TPSA) is 0 Å². The largest absolute Gasteiger partial charge is 0.251 e. The van der Waals surface area contributed by atoms with Crippen LogP contribution in [-0.2, 0) is 0 Å². The van der Waals surface area contributed by atoms with E-state index in [1.54, 1.807) is 0 Å². The second-order valence-corrected chi connectivity index (χ2v) is 6.99. The smallest absolute Gasteiger partial charge is 0.207 e. The summed E-state index contributed by atoms with van der Waals surface area (Å²) in [5.41, 5.74) is 0. The first-order valence-corrected chi connectivity index (χ1v) is 8.44. The zero-order valence-corrected chi connectivity index (χ0v) is 12.6. The molecule has 2 saturated carbocycles. The molecule has 2 rings (SSSR count). The van der Waals surface area contributed by atoms with Crippen LogP contribution in [0.2, 0.25) is 0 Å². The molecule has 2 atom stereocenters. The SMILES string of the molecule is CCCC1CCC(C2CCC(CC)CC2(F)F)CC1. The van der Waals surface area contributed by atoms with E-state index in [9.17, 15) is 8.78 Å². The molecule has 0 heterocycles. The molecule has 2 aliphatic rings. The molecule has 0 aromatic carbocycles. The quantitative estimate of drug-likeness (QED) is 0.584. The van der Waals surface area contributed by atoms with Gasteiger partial charge < -0.3 is 0 Å². The van der Waals surface area contributed by atoms with Gasteiger partial charge in [-0.15, -0.1) is 0 Å². The molecule has 0 aromatic rings. The molecule has 0 spiro atoms. The number of hydrogen-bond donors (Lipinski definition) is 0. The summed E-state index contributed by atoms with van der Waals surface area (Å²) in [4.78, 5) is 0. The van der Waals surface area contributed by atoms with Crippen LogP contribution < -0.4 is 0 Å². The summed E-state index contributed by atoms with van der Waals surface area (Å²) >= 11 is 0. The Bertz CT molecular complexity index is 266. The third kappa shape index (κ3) is 3.70. The van der Waals surface area contributed by atoms with E-state index in [0.717, 1.165) is 38.0 Å². The van der Waals surface area contributed by atoms with Crippen molar-refractivity contribution in [3.8, 4) is 0 Å². The van der Waals surface area contributed by atoms with E-state index < -0.39 is 5.92 Å². The van der Waals surface area contributed by atoms with Crippen molar-refractivity contribution < 1.29 is 8.78 Å². The number of rotatable bonds is 4. The lowest BCUT2D eigenvalue weighted by molar-refractivity contribution is -0.128. The Morgan fingerprint density at radius 2 is 1.53 bits per heavy atom. The third-order valence-corrected chi connectivity index (χ3v) is 5.72. The molecule has 2 unspecified atom stereocenters. The molecular weight excluding hydrogens is 242 g/mol. The van der Waals surface area contributed by atoms with E-state index >= 15 is 0 Å². The van der Waals surface area contributed by atoms with Gasteiger partial charge in [0, 0.05) is 12.3 Å². The highest BCUT2D eigenvalue weighted by Crippen LogP contribution is 2.49. The van der Waals surface area contributed by atoms with Crippen LogP contribution in [0, 0.1) is 23.7 Å². The standard InChI is InChI=1S/C17H30F2/c1-3-5-14-6-9-15(10-7-14)16-11-8-13(4-2)12-17(16,18)19/h13-16H,3-12H2,1-2H3. The predicted octanol–water partition coefficient (Wildman–Crippen LogP) is 6.05. The summed E-state index contributed by atoms with van der Waals surface area (Å²) in [6.45, 7) is 4.28. The lowest BCUT2D eigenvalue weighted by Gasteiger charge is -2.42. The lowest BCUT2D eigenvalue weighted by atomic mass is 9.66. The van der Waals surface area contributed by atoms with Gasteiger partial charge >= 0.3 is 0 Å². The van der Waals surface area contributed by atoms with Crippen LogP contribution in [0.15, 0.2) is 0 Å². The number of halogens is 2. The van der Waals surface area contributed by atoms with Gasteiger partial charge in [-0.1, -0.05) is 46.0 Å². The molecule has 0 N–H and O–H groups in total. The van der Waals surface area contributed by atoms with Gasteiger partial charge in [-0.25, -0.2) is 8.78 Å². The second kappa shape index (κ2) is 6.54. The fourth-order valence-electron chi connectivity index (χ4n) is 4.48. The van der Waals surface area contributed by atoms with Gasteiger partial charge in [0.15, 0.2) is 0 Å². The zero-order valence-electron chi connectivity index (χ0n) is 12.6. The Labute approximate surface area is 117 Å². The minimum Gasteiger partial charge on any atom is -0.207 e. The van der Waals surface area contributed by atoms with E-state index in [4.69, 9.17) is 0 Å². The fourth-order valence-corrected chi connectivity index (χ4v) is 4.48. The van der Waals surface area contributed by atoms with Gasteiger partial charge in [0.2, 0.25) is 0 Å². The van der Waals surface area contributed by atoms with Gasteiger partial charge in [0.25, 0.3) is 5.92 Å². The van der Waals surface area contributed by atoms with Crippen LogP contribution in [0.1, 0.15) is 78.1 Å². The Kier molecular flexibility index (Phi) is 5.25. The van der Waals surface area contributed by atoms with Crippen molar-refractivity contribution in [3.63, 3.8) is 0 Å². The van der Waals surface area contributed by atoms with Crippen molar-refractivity contribution in [2.24, 2.45) is 23.7 Å². The number of alkyl halides is 2. The monoisotopic (exact) mass is 272 g/mol. The van der Waals surface area contributed by atoms with E-state index in [1.807, 2.05) is 0 Å². The van der Waals surface area contributed by atoms with Gasteiger partial charge in [0.1, 0.15) is 0 Å². The van der Waals surface area contributed by atoms with Crippen molar-refractivity contribution in [1.82, 2.24) is 0 Å². The van der Waals surface area contributed by atoms with Crippen LogP contribution in [0.5, 0.6) is 0 Å².